The Hall–Kier alpha value is -1.55. The Labute approximate surface area is 85.4 Å². The van der Waals surface area contributed by atoms with Gasteiger partial charge in [-0.1, -0.05) is 18.2 Å². The summed E-state index contributed by atoms with van der Waals surface area (Å²) < 4.78 is 9.02. The normalized spacial score (nSPS) is 9.21. The Morgan fingerprint density at radius 2 is 1.86 bits per heavy atom. The van der Waals surface area contributed by atoms with E-state index in [9.17, 15) is 9.59 Å². The zero-order valence-electron chi connectivity index (χ0n) is 7.10. The highest BCUT2D eigenvalue weighted by molar-refractivity contribution is 6.61. The van der Waals surface area contributed by atoms with Crippen molar-refractivity contribution in [3.05, 3.63) is 30.3 Å². The van der Waals surface area contributed by atoms with Crippen LogP contribution in [0.1, 0.15) is 0 Å². The molecule has 0 aliphatic heterocycles. The lowest BCUT2D eigenvalue weighted by Gasteiger charge is -2.02. The van der Waals surface area contributed by atoms with E-state index < -0.39 is 18.0 Å². The molecule has 1 aromatic carbocycles. The smallest absolute Gasteiger partial charge is 0.404 e. The van der Waals surface area contributed by atoms with Gasteiger partial charge < -0.3 is 9.47 Å². The molecule has 74 valence electrons. The number of para-hydroxylation sites is 1. The van der Waals surface area contributed by atoms with Gasteiger partial charge in [-0.2, -0.15) is 0 Å². The van der Waals surface area contributed by atoms with E-state index >= 15 is 0 Å². The summed E-state index contributed by atoms with van der Waals surface area (Å²) in [5.74, 6) is -0.284. The number of carbonyl (C=O) groups is 2. The van der Waals surface area contributed by atoms with Crippen LogP contribution in [0.2, 0.25) is 0 Å². The van der Waals surface area contributed by atoms with Crippen LogP contribution in [0.25, 0.3) is 0 Å². The summed E-state index contributed by atoms with van der Waals surface area (Å²) in [5, 5.41) is 0. The summed E-state index contributed by atoms with van der Waals surface area (Å²) in [5.41, 5.74) is -1.03. The Morgan fingerprint density at radius 1 is 1.21 bits per heavy atom. The lowest BCUT2D eigenvalue weighted by Crippen LogP contribution is -2.16. The second-order valence-corrected chi connectivity index (χ2v) is 2.62. The third-order valence-corrected chi connectivity index (χ3v) is 1.39. The number of benzene rings is 1. The molecular formula is C9H7ClO4. The van der Waals surface area contributed by atoms with Crippen LogP contribution < -0.4 is 4.74 Å². The molecule has 4 nitrogen and oxygen atoms in total. The van der Waals surface area contributed by atoms with Crippen molar-refractivity contribution in [3.8, 4) is 5.75 Å². The molecule has 0 radical (unpaired) electrons. The van der Waals surface area contributed by atoms with Crippen LogP contribution >= 0.6 is 11.6 Å². The molecule has 5 heteroatoms. The minimum absolute atomic E-state index is 0.392. The molecule has 14 heavy (non-hydrogen) atoms. The Bertz CT molecular complexity index is 323. The molecular weight excluding hydrogens is 208 g/mol. The van der Waals surface area contributed by atoms with E-state index in [0.717, 1.165) is 0 Å². The van der Waals surface area contributed by atoms with Crippen molar-refractivity contribution in [3.63, 3.8) is 0 Å². The number of carbonyl (C=O) groups excluding carboxylic acids is 2. The first-order valence-corrected chi connectivity index (χ1v) is 4.14. The lowest BCUT2D eigenvalue weighted by atomic mass is 10.3. The van der Waals surface area contributed by atoms with Gasteiger partial charge in [0.15, 0.2) is 6.61 Å². The molecule has 0 fully saturated rings. The van der Waals surface area contributed by atoms with Gasteiger partial charge in [0.05, 0.1) is 0 Å². The van der Waals surface area contributed by atoms with Crippen molar-refractivity contribution in [2.45, 2.75) is 0 Å². The first-order valence-electron chi connectivity index (χ1n) is 3.76. The predicted octanol–water partition coefficient (Wildman–Crippen LogP) is 1.97. The molecule has 0 unspecified atom stereocenters. The monoisotopic (exact) mass is 214 g/mol. The third kappa shape index (κ3) is 3.91. The van der Waals surface area contributed by atoms with Gasteiger partial charge in [-0.15, -0.1) is 0 Å². The summed E-state index contributed by atoms with van der Waals surface area (Å²) >= 11 is 4.86. The Kier molecular flexibility index (Phi) is 3.94. The van der Waals surface area contributed by atoms with Crippen LogP contribution in [0.4, 0.5) is 4.79 Å². The highest BCUT2D eigenvalue weighted by Gasteiger charge is 2.06. The molecule has 0 atom stereocenters. The first-order chi connectivity index (χ1) is 6.68. The van der Waals surface area contributed by atoms with E-state index in [1.165, 1.54) is 0 Å². The van der Waals surface area contributed by atoms with Crippen LogP contribution in [0.15, 0.2) is 30.3 Å². The van der Waals surface area contributed by atoms with E-state index in [1.54, 1.807) is 30.3 Å². The Balaban J connectivity index is 2.38. The second kappa shape index (κ2) is 5.24. The van der Waals surface area contributed by atoms with Crippen molar-refractivity contribution in [1.29, 1.82) is 0 Å². The largest absolute Gasteiger partial charge is 0.442 e. The molecule has 0 aliphatic rings. The average Bonchev–Trinajstić information content (AvgIpc) is 2.16. The van der Waals surface area contributed by atoms with Crippen LogP contribution in [0.5, 0.6) is 5.75 Å². The van der Waals surface area contributed by atoms with Gasteiger partial charge in [-0.25, -0.2) is 9.59 Å². The predicted molar refractivity (Wildman–Crippen MR) is 49.3 cm³/mol. The van der Waals surface area contributed by atoms with Gasteiger partial charge in [0.2, 0.25) is 0 Å². The summed E-state index contributed by atoms with van der Waals surface area (Å²) in [4.78, 5) is 21.1. The van der Waals surface area contributed by atoms with Crippen molar-refractivity contribution in [1.82, 2.24) is 0 Å². The quantitative estimate of drug-likeness (QED) is 0.439. The number of esters is 1. The van der Waals surface area contributed by atoms with Gasteiger partial charge in [0.25, 0.3) is 0 Å². The zero-order valence-corrected chi connectivity index (χ0v) is 7.86. The molecule has 0 spiro atoms. The highest BCUT2D eigenvalue weighted by Crippen LogP contribution is 2.08. The number of ether oxygens (including phenoxy) is 2. The summed E-state index contributed by atoms with van der Waals surface area (Å²) in [6, 6.07) is 8.45. The molecule has 0 heterocycles. The zero-order chi connectivity index (χ0) is 10.4. The van der Waals surface area contributed by atoms with Crippen molar-refractivity contribution in [2.75, 3.05) is 6.61 Å². The fourth-order valence-electron chi connectivity index (χ4n) is 0.765. The SMILES string of the molecule is O=C(Cl)OCC(=O)Oc1ccccc1. The van der Waals surface area contributed by atoms with E-state index in [4.69, 9.17) is 16.3 Å². The number of hydrogen-bond acceptors (Lipinski definition) is 4. The molecule has 0 aromatic heterocycles. The standard InChI is InChI=1S/C9H7ClO4/c10-9(12)13-6-8(11)14-7-4-2-1-3-5-7/h1-5H,6H2. The van der Waals surface area contributed by atoms with Crippen LogP contribution in [0.3, 0.4) is 0 Å². The fourth-order valence-corrected chi connectivity index (χ4v) is 0.820. The molecule has 0 amide bonds. The molecule has 0 saturated carbocycles. The van der Waals surface area contributed by atoms with Gasteiger partial charge in [0.1, 0.15) is 5.75 Å². The van der Waals surface area contributed by atoms with E-state index in [-0.39, 0.29) is 0 Å². The van der Waals surface area contributed by atoms with E-state index in [0.29, 0.717) is 5.75 Å². The fraction of sp³-hybridized carbons (Fsp3) is 0.111. The van der Waals surface area contributed by atoms with E-state index in [2.05, 4.69) is 4.74 Å². The van der Waals surface area contributed by atoms with Crippen LogP contribution in [-0.2, 0) is 9.53 Å². The van der Waals surface area contributed by atoms with Gasteiger partial charge >= 0.3 is 11.4 Å². The minimum Gasteiger partial charge on any atom is -0.442 e. The maximum Gasteiger partial charge on any atom is 0.404 e. The highest BCUT2D eigenvalue weighted by atomic mass is 35.5. The summed E-state index contributed by atoms with van der Waals surface area (Å²) in [6.45, 7) is -0.489. The number of rotatable bonds is 3. The van der Waals surface area contributed by atoms with Gasteiger partial charge in [-0.3, -0.25) is 0 Å². The third-order valence-electron chi connectivity index (χ3n) is 1.28. The van der Waals surface area contributed by atoms with Crippen LogP contribution in [-0.4, -0.2) is 18.0 Å². The van der Waals surface area contributed by atoms with Gasteiger partial charge in [0, 0.05) is 11.6 Å². The first kappa shape index (κ1) is 10.5. The lowest BCUT2D eigenvalue weighted by molar-refractivity contribution is -0.137. The molecule has 0 saturated heterocycles. The molecule has 0 bridgehead atoms. The molecule has 1 rings (SSSR count). The Morgan fingerprint density at radius 3 is 2.43 bits per heavy atom. The van der Waals surface area contributed by atoms with E-state index in [1.807, 2.05) is 0 Å². The molecule has 1 aromatic rings. The topological polar surface area (TPSA) is 52.6 Å². The molecule has 0 N–H and O–H groups in total. The maximum atomic E-state index is 11.0. The van der Waals surface area contributed by atoms with Crippen LogP contribution in [0, 0.1) is 0 Å². The number of halogens is 1. The average molecular weight is 215 g/mol. The maximum absolute atomic E-state index is 11.0. The summed E-state index contributed by atoms with van der Waals surface area (Å²) in [6.07, 6.45) is 0. The number of hydrogen-bond donors (Lipinski definition) is 0. The minimum atomic E-state index is -1.03. The van der Waals surface area contributed by atoms with Gasteiger partial charge in [-0.05, 0) is 12.1 Å². The van der Waals surface area contributed by atoms with Crippen molar-refractivity contribution < 1.29 is 19.1 Å². The van der Waals surface area contributed by atoms with Crippen molar-refractivity contribution >= 4 is 23.0 Å². The van der Waals surface area contributed by atoms with Crippen molar-refractivity contribution in [2.24, 2.45) is 0 Å². The second-order valence-electron chi connectivity index (χ2n) is 2.31. The molecule has 0 aliphatic carbocycles. The summed E-state index contributed by atoms with van der Waals surface area (Å²) in [7, 11) is 0.